The lowest BCUT2D eigenvalue weighted by Gasteiger charge is -2.12. The van der Waals surface area contributed by atoms with Crippen molar-refractivity contribution in [2.24, 2.45) is 5.73 Å². The van der Waals surface area contributed by atoms with Crippen molar-refractivity contribution in [3.8, 4) is 0 Å². The van der Waals surface area contributed by atoms with Gasteiger partial charge in [0.1, 0.15) is 0 Å². The lowest BCUT2D eigenvalue weighted by atomic mass is 10.1. The highest BCUT2D eigenvalue weighted by atomic mass is 32.2. The Morgan fingerprint density at radius 1 is 1.35 bits per heavy atom. The Hall–Kier alpha value is -1.86. The summed E-state index contributed by atoms with van der Waals surface area (Å²) >= 11 is 1.62. The molecule has 0 aromatic heterocycles. The Labute approximate surface area is 120 Å². The van der Waals surface area contributed by atoms with E-state index in [-0.39, 0.29) is 11.5 Å². The quantitative estimate of drug-likeness (QED) is 0.690. The van der Waals surface area contributed by atoms with Gasteiger partial charge in [-0.25, -0.2) is 0 Å². The van der Waals surface area contributed by atoms with Gasteiger partial charge in [0.05, 0.1) is 17.2 Å². The average molecular weight is 293 g/mol. The van der Waals surface area contributed by atoms with Gasteiger partial charge in [-0.1, -0.05) is 0 Å². The zero-order valence-electron chi connectivity index (χ0n) is 10.9. The number of anilines is 1. The number of hydrogen-bond acceptors (Lipinski definition) is 5. The minimum Gasteiger partial charge on any atom is -0.325 e. The lowest BCUT2D eigenvalue weighted by molar-refractivity contribution is -0.117. The molecule has 20 heavy (non-hydrogen) atoms. The number of benzene rings is 1. The van der Waals surface area contributed by atoms with Crippen molar-refractivity contribution in [1.82, 2.24) is 5.32 Å². The van der Waals surface area contributed by atoms with E-state index in [9.17, 15) is 14.4 Å². The summed E-state index contributed by atoms with van der Waals surface area (Å²) in [6.07, 6.45) is 2.53. The fraction of sp³-hybridized carbons (Fsp3) is 0.308. The number of nitrogens with one attached hydrogen (secondary N) is 2. The van der Waals surface area contributed by atoms with Crippen molar-refractivity contribution in [3.05, 3.63) is 29.3 Å². The van der Waals surface area contributed by atoms with Crippen LogP contribution in [-0.2, 0) is 4.79 Å². The average Bonchev–Trinajstić information content (AvgIpc) is 2.71. The number of hydrogen-bond donors (Lipinski definition) is 3. The van der Waals surface area contributed by atoms with Crippen LogP contribution >= 0.6 is 11.8 Å². The maximum atomic E-state index is 11.9. The molecule has 0 spiro atoms. The molecule has 1 atom stereocenters. The second-order valence-electron chi connectivity index (χ2n) is 4.42. The molecule has 0 saturated carbocycles. The maximum absolute atomic E-state index is 11.9. The predicted molar refractivity (Wildman–Crippen MR) is 77.8 cm³/mol. The van der Waals surface area contributed by atoms with Crippen molar-refractivity contribution in [3.63, 3.8) is 0 Å². The van der Waals surface area contributed by atoms with Gasteiger partial charge in [0.2, 0.25) is 5.91 Å². The number of imide groups is 1. The van der Waals surface area contributed by atoms with Crippen molar-refractivity contribution in [2.75, 3.05) is 17.3 Å². The van der Waals surface area contributed by atoms with Crippen LogP contribution in [-0.4, -0.2) is 35.8 Å². The molecule has 1 heterocycles. The van der Waals surface area contributed by atoms with Crippen LogP contribution in [0.2, 0.25) is 0 Å². The number of carbonyl (C=O) groups is 3. The molecular weight excluding hydrogens is 278 g/mol. The lowest BCUT2D eigenvalue weighted by Crippen LogP contribution is -2.36. The minimum atomic E-state index is -0.592. The molecule has 4 N–H and O–H groups in total. The third-order valence-corrected chi connectivity index (χ3v) is 3.62. The summed E-state index contributed by atoms with van der Waals surface area (Å²) in [5.74, 6) is -0.369. The van der Waals surface area contributed by atoms with Crippen molar-refractivity contribution >= 4 is 35.2 Å². The molecule has 7 heteroatoms. The molecule has 0 aliphatic carbocycles. The Kier molecular flexibility index (Phi) is 4.41. The highest BCUT2D eigenvalue weighted by Crippen LogP contribution is 2.20. The number of nitrogens with two attached hydrogens (primary N) is 1. The highest BCUT2D eigenvalue weighted by molar-refractivity contribution is 7.98. The maximum Gasteiger partial charge on any atom is 0.259 e. The summed E-state index contributed by atoms with van der Waals surface area (Å²) in [7, 11) is 0. The van der Waals surface area contributed by atoms with Gasteiger partial charge in [-0.05, 0) is 36.6 Å². The van der Waals surface area contributed by atoms with Crippen LogP contribution in [0.4, 0.5) is 5.69 Å². The van der Waals surface area contributed by atoms with Crippen LogP contribution in [0.5, 0.6) is 0 Å². The molecule has 106 valence electrons. The first-order valence-electron chi connectivity index (χ1n) is 6.08. The molecule has 1 aromatic rings. The number of fused-ring (bicyclic) bond motifs is 1. The Morgan fingerprint density at radius 2 is 2.05 bits per heavy atom. The Morgan fingerprint density at radius 3 is 2.75 bits per heavy atom. The van der Waals surface area contributed by atoms with E-state index in [1.165, 1.54) is 12.1 Å². The van der Waals surface area contributed by atoms with E-state index in [0.717, 1.165) is 5.75 Å². The second kappa shape index (κ2) is 6.06. The number of thioether (sulfide) groups is 1. The molecule has 0 bridgehead atoms. The minimum absolute atomic E-state index is 0.269. The molecule has 0 unspecified atom stereocenters. The fourth-order valence-corrected chi connectivity index (χ4v) is 2.35. The van der Waals surface area contributed by atoms with Gasteiger partial charge in [-0.2, -0.15) is 11.8 Å². The third-order valence-electron chi connectivity index (χ3n) is 2.97. The summed E-state index contributed by atoms with van der Waals surface area (Å²) in [4.78, 5) is 34.8. The van der Waals surface area contributed by atoms with Crippen LogP contribution in [0.25, 0.3) is 0 Å². The molecule has 2 rings (SSSR count). The van der Waals surface area contributed by atoms with Gasteiger partial charge in [-0.15, -0.1) is 0 Å². The van der Waals surface area contributed by atoms with Crippen LogP contribution in [0.15, 0.2) is 18.2 Å². The fourth-order valence-electron chi connectivity index (χ4n) is 1.86. The van der Waals surface area contributed by atoms with E-state index in [2.05, 4.69) is 10.6 Å². The van der Waals surface area contributed by atoms with Crippen LogP contribution in [0, 0.1) is 0 Å². The van der Waals surface area contributed by atoms with Crippen LogP contribution in [0.1, 0.15) is 27.1 Å². The van der Waals surface area contributed by atoms with E-state index in [1.807, 2.05) is 6.26 Å². The van der Waals surface area contributed by atoms with Gasteiger partial charge in [0.25, 0.3) is 11.8 Å². The summed E-state index contributed by atoms with van der Waals surface area (Å²) in [6, 6.07) is 3.98. The van der Waals surface area contributed by atoms with Gasteiger partial charge in [0, 0.05) is 5.69 Å². The molecule has 0 fully saturated rings. The molecule has 1 aliphatic heterocycles. The zero-order chi connectivity index (χ0) is 14.7. The highest BCUT2D eigenvalue weighted by Gasteiger charge is 2.27. The van der Waals surface area contributed by atoms with Crippen LogP contribution in [0.3, 0.4) is 0 Å². The first-order valence-corrected chi connectivity index (χ1v) is 7.47. The third kappa shape index (κ3) is 3.00. The van der Waals surface area contributed by atoms with Gasteiger partial charge in [0.15, 0.2) is 0 Å². The van der Waals surface area contributed by atoms with Crippen molar-refractivity contribution < 1.29 is 14.4 Å². The SMILES string of the molecule is CSCC[C@@H](N)C(=O)Nc1ccc2c(c1)C(=O)NC2=O. The normalized spacial score (nSPS) is 14.7. The topological polar surface area (TPSA) is 101 Å². The summed E-state index contributed by atoms with van der Waals surface area (Å²) in [6.45, 7) is 0. The number of rotatable bonds is 5. The summed E-state index contributed by atoms with van der Waals surface area (Å²) < 4.78 is 0. The molecular formula is C13H15N3O3S. The van der Waals surface area contributed by atoms with Gasteiger partial charge < -0.3 is 11.1 Å². The monoisotopic (exact) mass is 293 g/mol. The van der Waals surface area contributed by atoms with E-state index in [1.54, 1.807) is 17.8 Å². The van der Waals surface area contributed by atoms with Crippen molar-refractivity contribution in [1.29, 1.82) is 0 Å². The molecule has 6 nitrogen and oxygen atoms in total. The second-order valence-corrected chi connectivity index (χ2v) is 5.41. The summed E-state index contributed by atoms with van der Waals surface area (Å²) in [5, 5.41) is 4.85. The zero-order valence-corrected chi connectivity index (χ0v) is 11.8. The Bertz CT molecular complexity index is 574. The first-order chi connectivity index (χ1) is 9.52. The molecule has 3 amide bonds. The summed E-state index contributed by atoms with van der Waals surface area (Å²) in [5.41, 5.74) is 6.80. The molecule has 0 saturated heterocycles. The molecule has 0 radical (unpaired) electrons. The van der Waals surface area contributed by atoms with E-state index >= 15 is 0 Å². The smallest absolute Gasteiger partial charge is 0.259 e. The standard InChI is InChI=1S/C13H15N3O3S/c1-20-5-4-10(14)13(19)15-7-2-3-8-9(6-7)12(18)16-11(8)17/h2-3,6,10H,4-5,14H2,1H3,(H,15,19)(H,16,17,18)/t10-/m1/s1. The van der Waals surface area contributed by atoms with E-state index in [4.69, 9.17) is 5.73 Å². The van der Waals surface area contributed by atoms with E-state index < -0.39 is 17.9 Å². The Balaban J connectivity index is 2.08. The first kappa shape index (κ1) is 14.5. The van der Waals surface area contributed by atoms with Gasteiger partial charge >= 0.3 is 0 Å². The number of carbonyl (C=O) groups excluding carboxylic acids is 3. The molecule has 1 aromatic carbocycles. The van der Waals surface area contributed by atoms with E-state index in [0.29, 0.717) is 17.7 Å². The molecule has 1 aliphatic rings. The predicted octanol–water partition coefficient (Wildman–Crippen LogP) is 0.589. The van der Waals surface area contributed by atoms with Crippen LogP contribution < -0.4 is 16.4 Å². The largest absolute Gasteiger partial charge is 0.325 e. The van der Waals surface area contributed by atoms with Gasteiger partial charge in [-0.3, -0.25) is 19.7 Å². The number of amides is 3. The van der Waals surface area contributed by atoms with Crippen molar-refractivity contribution in [2.45, 2.75) is 12.5 Å².